The maximum Gasteiger partial charge on any atom is -0.0319 e. The Kier molecular flexibility index (Phi) is 8.72. The zero-order valence-corrected chi connectivity index (χ0v) is 10.3. The van der Waals surface area contributed by atoms with Crippen LogP contribution in [-0.2, 0) is 0 Å². The van der Waals surface area contributed by atoms with Gasteiger partial charge in [0.05, 0.1) is 0 Å². The summed E-state index contributed by atoms with van der Waals surface area (Å²) < 4.78 is 0. The molecule has 0 aliphatic rings. The van der Waals surface area contributed by atoms with E-state index in [9.17, 15) is 0 Å². The van der Waals surface area contributed by atoms with Gasteiger partial charge in [0.2, 0.25) is 0 Å². The Hall–Kier alpha value is -0.520. The van der Waals surface area contributed by atoms with Crippen LogP contribution in [0.25, 0.3) is 0 Å². The van der Waals surface area contributed by atoms with Crippen LogP contribution in [-0.4, -0.2) is 0 Å². The van der Waals surface area contributed by atoms with E-state index in [1.54, 1.807) is 0 Å². The van der Waals surface area contributed by atoms with E-state index in [4.69, 9.17) is 0 Å². The standard InChI is InChI=1S/C14H26/c1-5-7-8-10-14(4)12-11-13(3)9-6-2/h6,9,11,14H,5,7-8,10,12H2,1-4H3. The van der Waals surface area contributed by atoms with Crippen LogP contribution in [0.2, 0.25) is 0 Å². The Morgan fingerprint density at radius 3 is 2.57 bits per heavy atom. The molecule has 0 rings (SSSR count). The van der Waals surface area contributed by atoms with Crippen LogP contribution in [0.15, 0.2) is 23.8 Å². The molecule has 0 bridgehead atoms. The van der Waals surface area contributed by atoms with Crippen molar-refractivity contribution in [2.45, 2.75) is 59.8 Å². The summed E-state index contributed by atoms with van der Waals surface area (Å²) in [7, 11) is 0. The molecule has 0 saturated heterocycles. The number of unbranched alkanes of at least 4 members (excludes halogenated alkanes) is 2. The normalized spacial score (nSPS) is 15.0. The van der Waals surface area contributed by atoms with Crippen LogP contribution < -0.4 is 0 Å². The van der Waals surface area contributed by atoms with Crippen LogP contribution in [0.3, 0.4) is 0 Å². The van der Waals surface area contributed by atoms with Crippen molar-refractivity contribution in [1.29, 1.82) is 0 Å². The highest BCUT2D eigenvalue weighted by molar-refractivity contribution is 5.14. The average Bonchev–Trinajstić information content (AvgIpc) is 2.16. The van der Waals surface area contributed by atoms with E-state index in [-0.39, 0.29) is 0 Å². The summed E-state index contributed by atoms with van der Waals surface area (Å²) in [6.07, 6.45) is 13.4. The summed E-state index contributed by atoms with van der Waals surface area (Å²) in [4.78, 5) is 0. The molecular weight excluding hydrogens is 168 g/mol. The Morgan fingerprint density at radius 2 is 2.00 bits per heavy atom. The quantitative estimate of drug-likeness (QED) is 0.390. The molecule has 82 valence electrons. The van der Waals surface area contributed by atoms with Crippen molar-refractivity contribution < 1.29 is 0 Å². The summed E-state index contributed by atoms with van der Waals surface area (Å²) in [6, 6.07) is 0. The second-order valence-corrected chi connectivity index (χ2v) is 4.28. The Labute approximate surface area is 90.1 Å². The largest absolute Gasteiger partial charge is 0.0874 e. The van der Waals surface area contributed by atoms with Gasteiger partial charge in [0, 0.05) is 0 Å². The van der Waals surface area contributed by atoms with Gasteiger partial charge in [-0.15, -0.1) is 0 Å². The lowest BCUT2D eigenvalue weighted by atomic mass is 9.99. The summed E-state index contributed by atoms with van der Waals surface area (Å²) in [5.74, 6) is 0.849. The Balaban J connectivity index is 3.61. The number of hydrogen-bond acceptors (Lipinski definition) is 0. The van der Waals surface area contributed by atoms with Crippen molar-refractivity contribution in [2.75, 3.05) is 0 Å². The molecule has 0 aromatic heterocycles. The van der Waals surface area contributed by atoms with Crippen LogP contribution >= 0.6 is 0 Å². The molecule has 0 aliphatic carbocycles. The highest BCUT2D eigenvalue weighted by atomic mass is 14.0. The molecule has 0 saturated carbocycles. The van der Waals surface area contributed by atoms with Crippen molar-refractivity contribution in [3.05, 3.63) is 23.8 Å². The first-order valence-electron chi connectivity index (χ1n) is 6.00. The molecular formula is C14H26. The lowest BCUT2D eigenvalue weighted by Crippen LogP contribution is -1.92. The number of hydrogen-bond donors (Lipinski definition) is 0. The summed E-state index contributed by atoms with van der Waals surface area (Å²) >= 11 is 0. The van der Waals surface area contributed by atoms with E-state index in [0.717, 1.165) is 5.92 Å². The smallest absolute Gasteiger partial charge is 0.0319 e. The SMILES string of the molecule is CC=CC(C)=CCC(C)CCCCC. The van der Waals surface area contributed by atoms with E-state index >= 15 is 0 Å². The molecule has 0 heteroatoms. The first-order chi connectivity index (χ1) is 6.70. The van der Waals surface area contributed by atoms with Gasteiger partial charge < -0.3 is 0 Å². The zero-order chi connectivity index (χ0) is 10.8. The summed E-state index contributed by atoms with van der Waals surface area (Å²) in [5, 5.41) is 0. The first kappa shape index (κ1) is 13.5. The molecule has 0 amide bonds. The van der Waals surface area contributed by atoms with Gasteiger partial charge in [-0.25, -0.2) is 0 Å². The van der Waals surface area contributed by atoms with Gasteiger partial charge in [-0.1, -0.05) is 63.3 Å². The second kappa shape index (κ2) is 9.05. The molecule has 0 nitrogen and oxygen atoms in total. The Morgan fingerprint density at radius 1 is 1.29 bits per heavy atom. The molecule has 0 radical (unpaired) electrons. The minimum atomic E-state index is 0.849. The predicted molar refractivity (Wildman–Crippen MR) is 66.5 cm³/mol. The van der Waals surface area contributed by atoms with Gasteiger partial charge >= 0.3 is 0 Å². The van der Waals surface area contributed by atoms with Crippen molar-refractivity contribution in [2.24, 2.45) is 5.92 Å². The molecule has 0 N–H and O–H groups in total. The monoisotopic (exact) mass is 194 g/mol. The van der Waals surface area contributed by atoms with E-state index in [0.29, 0.717) is 0 Å². The van der Waals surface area contributed by atoms with Crippen molar-refractivity contribution >= 4 is 0 Å². The minimum Gasteiger partial charge on any atom is -0.0874 e. The lowest BCUT2D eigenvalue weighted by Gasteiger charge is -2.07. The van der Waals surface area contributed by atoms with Gasteiger partial charge in [0.15, 0.2) is 0 Å². The van der Waals surface area contributed by atoms with Gasteiger partial charge in [0.25, 0.3) is 0 Å². The van der Waals surface area contributed by atoms with Crippen LogP contribution in [0.4, 0.5) is 0 Å². The molecule has 0 aliphatic heterocycles. The number of rotatable bonds is 7. The maximum absolute atomic E-state index is 2.36. The van der Waals surface area contributed by atoms with Crippen molar-refractivity contribution in [3.8, 4) is 0 Å². The van der Waals surface area contributed by atoms with E-state index in [1.165, 1.54) is 37.7 Å². The van der Waals surface area contributed by atoms with E-state index < -0.39 is 0 Å². The van der Waals surface area contributed by atoms with E-state index in [1.807, 2.05) is 0 Å². The van der Waals surface area contributed by atoms with Crippen molar-refractivity contribution in [1.82, 2.24) is 0 Å². The third-order valence-electron chi connectivity index (χ3n) is 2.57. The first-order valence-corrected chi connectivity index (χ1v) is 6.00. The average molecular weight is 194 g/mol. The maximum atomic E-state index is 2.36. The van der Waals surface area contributed by atoms with Crippen LogP contribution in [0.1, 0.15) is 59.8 Å². The number of allylic oxidation sites excluding steroid dienone is 4. The van der Waals surface area contributed by atoms with Crippen LogP contribution in [0.5, 0.6) is 0 Å². The summed E-state index contributed by atoms with van der Waals surface area (Å²) in [5.41, 5.74) is 1.40. The molecule has 14 heavy (non-hydrogen) atoms. The summed E-state index contributed by atoms with van der Waals surface area (Å²) in [6.45, 7) is 8.87. The van der Waals surface area contributed by atoms with Crippen LogP contribution in [0, 0.1) is 5.92 Å². The molecule has 0 spiro atoms. The minimum absolute atomic E-state index is 0.849. The molecule has 1 atom stereocenters. The van der Waals surface area contributed by atoms with Gasteiger partial charge in [-0.05, 0) is 26.2 Å². The molecule has 0 aromatic carbocycles. The molecule has 0 heterocycles. The molecule has 1 unspecified atom stereocenters. The zero-order valence-electron chi connectivity index (χ0n) is 10.3. The predicted octanol–water partition coefficient (Wildman–Crippen LogP) is 5.12. The Bertz CT molecular complexity index is 174. The third-order valence-corrected chi connectivity index (χ3v) is 2.57. The lowest BCUT2D eigenvalue weighted by molar-refractivity contribution is 0.500. The van der Waals surface area contributed by atoms with Crippen molar-refractivity contribution in [3.63, 3.8) is 0 Å². The second-order valence-electron chi connectivity index (χ2n) is 4.28. The fourth-order valence-corrected chi connectivity index (χ4v) is 1.58. The van der Waals surface area contributed by atoms with E-state index in [2.05, 4.69) is 45.9 Å². The third kappa shape index (κ3) is 8.10. The van der Waals surface area contributed by atoms with Gasteiger partial charge in [-0.2, -0.15) is 0 Å². The molecule has 0 aromatic rings. The molecule has 0 fully saturated rings. The highest BCUT2D eigenvalue weighted by Gasteiger charge is 1.98. The topological polar surface area (TPSA) is 0 Å². The van der Waals surface area contributed by atoms with Gasteiger partial charge in [-0.3, -0.25) is 0 Å². The fourth-order valence-electron chi connectivity index (χ4n) is 1.58. The van der Waals surface area contributed by atoms with Gasteiger partial charge in [0.1, 0.15) is 0 Å². The fraction of sp³-hybridized carbons (Fsp3) is 0.714. The highest BCUT2D eigenvalue weighted by Crippen LogP contribution is 2.14.